The summed E-state index contributed by atoms with van der Waals surface area (Å²) in [5.74, 6) is 0. The van der Waals surface area contributed by atoms with Gasteiger partial charge in [-0.25, -0.2) is 0 Å². The molecule has 0 spiro atoms. The van der Waals surface area contributed by atoms with Crippen LogP contribution < -0.4 is 10.2 Å². The lowest BCUT2D eigenvalue weighted by Gasteiger charge is -2.48. The molecule has 1 saturated heterocycles. The van der Waals surface area contributed by atoms with E-state index in [4.69, 9.17) is 4.74 Å². The zero-order chi connectivity index (χ0) is 15.5. The average molecular weight is 290 g/mol. The largest absolute Gasteiger partial charge is 0.366 e. The van der Waals surface area contributed by atoms with Crippen molar-refractivity contribution in [3.63, 3.8) is 0 Å². The Labute approximate surface area is 129 Å². The van der Waals surface area contributed by atoms with Crippen molar-refractivity contribution >= 4 is 5.69 Å². The van der Waals surface area contributed by atoms with Gasteiger partial charge < -0.3 is 15.0 Å². The maximum atomic E-state index is 6.15. The van der Waals surface area contributed by atoms with Gasteiger partial charge in [0.25, 0.3) is 0 Å². The predicted octanol–water partition coefficient (Wildman–Crippen LogP) is 3.58. The Balaban J connectivity index is 2.04. The van der Waals surface area contributed by atoms with E-state index in [9.17, 15) is 0 Å². The molecule has 1 fully saturated rings. The Hall–Kier alpha value is -1.06. The topological polar surface area (TPSA) is 24.5 Å². The zero-order valence-corrected chi connectivity index (χ0v) is 14.2. The van der Waals surface area contributed by atoms with E-state index >= 15 is 0 Å². The monoisotopic (exact) mass is 290 g/mol. The molecule has 0 bridgehead atoms. The number of nitrogens with zero attached hydrogens (tertiary/aromatic N) is 1. The Kier molecular flexibility index (Phi) is 4.95. The fourth-order valence-electron chi connectivity index (χ4n) is 3.20. The highest BCUT2D eigenvalue weighted by Crippen LogP contribution is 2.31. The molecule has 0 amide bonds. The summed E-state index contributed by atoms with van der Waals surface area (Å²) >= 11 is 0. The van der Waals surface area contributed by atoms with Crippen LogP contribution in [0, 0.1) is 0 Å². The number of hydrogen-bond acceptors (Lipinski definition) is 3. The van der Waals surface area contributed by atoms with Gasteiger partial charge in [-0.2, -0.15) is 0 Å². The van der Waals surface area contributed by atoms with Gasteiger partial charge in [0.2, 0.25) is 0 Å². The van der Waals surface area contributed by atoms with Crippen LogP contribution in [0.1, 0.15) is 46.6 Å². The first-order valence-electron chi connectivity index (χ1n) is 8.06. The number of hydrogen-bond donors (Lipinski definition) is 1. The predicted molar refractivity (Wildman–Crippen MR) is 89.9 cm³/mol. The first kappa shape index (κ1) is 16.3. The van der Waals surface area contributed by atoms with Gasteiger partial charge in [0.1, 0.15) is 0 Å². The summed E-state index contributed by atoms with van der Waals surface area (Å²) in [6, 6.07) is 8.93. The second-order valence-corrected chi connectivity index (χ2v) is 7.32. The molecule has 1 heterocycles. The van der Waals surface area contributed by atoms with Crippen molar-refractivity contribution in [2.45, 2.75) is 58.8 Å². The maximum absolute atomic E-state index is 6.15. The number of ether oxygens (including phenoxy) is 1. The Morgan fingerprint density at radius 3 is 2.14 bits per heavy atom. The highest BCUT2D eigenvalue weighted by molar-refractivity contribution is 5.49. The summed E-state index contributed by atoms with van der Waals surface area (Å²) in [5, 5.41) is 3.44. The summed E-state index contributed by atoms with van der Waals surface area (Å²) in [6.45, 7) is 14.8. The zero-order valence-electron chi connectivity index (χ0n) is 14.2. The molecule has 2 rings (SSSR count). The Morgan fingerprint density at radius 1 is 1.05 bits per heavy atom. The first-order valence-corrected chi connectivity index (χ1v) is 8.06. The van der Waals surface area contributed by atoms with Crippen LogP contribution in [0.4, 0.5) is 5.69 Å². The molecule has 1 aromatic rings. The van der Waals surface area contributed by atoms with Gasteiger partial charge >= 0.3 is 0 Å². The van der Waals surface area contributed by atoms with Gasteiger partial charge in [-0.15, -0.1) is 0 Å². The van der Waals surface area contributed by atoms with Gasteiger partial charge in [0.15, 0.2) is 0 Å². The normalized spacial score (nSPS) is 20.5. The Morgan fingerprint density at radius 2 is 1.62 bits per heavy atom. The van der Waals surface area contributed by atoms with Crippen molar-refractivity contribution in [1.29, 1.82) is 0 Å². The van der Waals surface area contributed by atoms with Crippen molar-refractivity contribution in [1.82, 2.24) is 5.32 Å². The minimum atomic E-state index is -0.108. The lowest BCUT2D eigenvalue weighted by Crippen LogP contribution is -2.57. The summed E-state index contributed by atoms with van der Waals surface area (Å²) in [7, 11) is 0. The third-order valence-corrected chi connectivity index (χ3v) is 3.75. The van der Waals surface area contributed by atoms with Crippen LogP contribution in [0.3, 0.4) is 0 Å². The smallest absolute Gasteiger partial charge is 0.0808 e. The van der Waals surface area contributed by atoms with E-state index in [0.717, 1.165) is 26.2 Å². The quantitative estimate of drug-likeness (QED) is 0.839. The van der Waals surface area contributed by atoms with E-state index in [2.05, 4.69) is 69.1 Å². The van der Waals surface area contributed by atoms with Crippen molar-refractivity contribution in [3.8, 4) is 0 Å². The van der Waals surface area contributed by atoms with Crippen LogP contribution in [0.5, 0.6) is 0 Å². The van der Waals surface area contributed by atoms with E-state index < -0.39 is 0 Å². The van der Waals surface area contributed by atoms with E-state index in [1.807, 2.05) is 0 Å². The molecule has 0 aromatic heterocycles. The average Bonchev–Trinajstić information content (AvgIpc) is 2.36. The van der Waals surface area contributed by atoms with E-state index in [1.165, 1.54) is 17.7 Å². The molecule has 3 heteroatoms. The standard InChI is InChI=1S/C18H30N2O/c1-6-11-19-12-15-7-9-16(10-8-15)20-13-17(2,3)21-18(4,5)14-20/h7-10,19H,6,11-14H2,1-5H3. The SMILES string of the molecule is CCCNCc1ccc(N2CC(C)(C)OC(C)(C)C2)cc1. The Bertz CT molecular complexity index is 435. The maximum Gasteiger partial charge on any atom is 0.0808 e. The van der Waals surface area contributed by atoms with Crippen molar-refractivity contribution < 1.29 is 4.74 Å². The van der Waals surface area contributed by atoms with Crippen LogP contribution >= 0.6 is 0 Å². The molecule has 0 aliphatic carbocycles. The highest BCUT2D eigenvalue weighted by Gasteiger charge is 2.38. The van der Waals surface area contributed by atoms with Gasteiger partial charge in [-0.3, -0.25) is 0 Å². The number of benzene rings is 1. The minimum absolute atomic E-state index is 0.108. The van der Waals surface area contributed by atoms with Crippen molar-refractivity contribution in [3.05, 3.63) is 29.8 Å². The van der Waals surface area contributed by atoms with Crippen molar-refractivity contribution in [2.24, 2.45) is 0 Å². The molecule has 21 heavy (non-hydrogen) atoms. The van der Waals surface area contributed by atoms with Gasteiger partial charge in [0, 0.05) is 25.3 Å². The molecule has 0 saturated carbocycles. The molecule has 1 N–H and O–H groups in total. The lowest BCUT2D eigenvalue weighted by molar-refractivity contribution is -0.133. The van der Waals surface area contributed by atoms with Crippen LogP contribution in [0.25, 0.3) is 0 Å². The van der Waals surface area contributed by atoms with E-state index in [1.54, 1.807) is 0 Å². The summed E-state index contributed by atoms with van der Waals surface area (Å²) in [6.07, 6.45) is 1.18. The highest BCUT2D eigenvalue weighted by atomic mass is 16.5. The number of nitrogens with one attached hydrogen (secondary N) is 1. The first-order chi connectivity index (χ1) is 9.81. The van der Waals surface area contributed by atoms with E-state index in [0.29, 0.717) is 0 Å². The van der Waals surface area contributed by atoms with Gasteiger partial charge in [-0.05, 0) is 58.4 Å². The summed E-state index contributed by atoms with van der Waals surface area (Å²) in [5.41, 5.74) is 2.42. The van der Waals surface area contributed by atoms with E-state index in [-0.39, 0.29) is 11.2 Å². The minimum Gasteiger partial charge on any atom is -0.366 e. The molecule has 1 aliphatic heterocycles. The molecule has 118 valence electrons. The molecule has 1 aliphatic rings. The summed E-state index contributed by atoms with van der Waals surface area (Å²) in [4.78, 5) is 2.44. The molecule has 3 nitrogen and oxygen atoms in total. The number of anilines is 1. The molecule has 0 atom stereocenters. The third-order valence-electron chi connectivity index (χ3n) is 3.75. The number of rotatable bonds is 5. The molecule has 0 unspecified atom stereocenters. The molecule has 1 aromatic carbocycles. The van der Waals surface area contributed by atoms with Crippen LogP contribution in [0.2, 0.25) is 0 Å². The fraction of sp³-hybridized carbons (Fsp3) is 0.667. The summed E-state index contributed by atoms with van der Waals surface area (Å²) < 4.78 is 6.15. The lowest BCUT2D eigenvalue weighted by atomic mass is 9.98. The van der Waals surface area contributed by atoms with Crippen LogP contribution in [-0.4, -0.2) is 30.8 Å². The molecule has 0 radical (unpaired) electrons. The second-order valence-electron chi connectivity index (χ2n) is 7.32. The fourth-order valence-corrected chi connectivity index (χ4v) is 3.20. The van der Waals surface area contributed by atoms with Crippen molar-refractivity contribution in [2.75, 3.05) is 24.5 Å². The van der Waals surface area contributed by atoms with Crippen LogP contribution in [-0.2, 0) is 11.3 Å². The molecular formula is C18H30N2O. The molecular weight excluding hydrogens is 260 g/mol. The van der Waals surface area contributed by atoms with Gasteiger partial charge in [0.05, 0.1) is 11.2 Å². The van der Waals surface area contributed by atoms with Gasteiger partial charge in [-0.1, -0.05) is 19.1 Å². The van der Waals surface area contributed by atoms with Crippen LogP contribution in [0.15, 0.2) is 24.3 Å². The number of morpholine rings is 1. The second kappa shape index (κ2) is 6.37. The third kappa shape index (κ3) is 4.72.